The first-order valence-corrected chi connectivity index (χ1v) is 4.25. The molecule has 1 heterocycles. The topological polar surface area (TPSA) is 26.0 Å². The third kappa shape index (κ3) is 4.33. The van der Waals surface area contributed by atoms with Gasteiger partial charge in [-0.05, 0) is 6.92 Å². The lowest BCUT2D eigenvalue weighted by atomic mass is 10.4. The Hall–Kier alpha value is -1.28. The van der Waals surface area contributed by atoms with Crippen molar-refractivity contribution >= 4 is 11.6 Å². The smallest absolute Gasteiger partial charge is 0.172 e. The first kappa shape index (κ1) is 9.81. The van der Waals surface area contributed by atoms with Crippen LogP contribution in [0.5, 0.6) is 0 Å². The van der Waals surface area contributed by atoms with Gasteiger partial charge in [-0.25, -0.2) is 0 Å². The van der Waals surface area contributed by atoms with Crippen LogP contribution in [0.25, 0.3) is 0 Å². The molecule has 0 atom stereocenters. The summed E-state index contributed by atoms with van der Waals surface area (Å²) in [5.74, 6) is 0.741. The van der Waals surface area contributed by atoms with Crippen LogP contribution in [0.15, 0.2) is 47.0 Å². The van der Waals surface area contributed by atoms with E-state index in [1.807, 2.05) is 36.4 Å². The number of rotatable bonds is 0. The van der Waals surface area contributed by atoms with Gasteiger partial charge in [0, 0.05) is 6.07 Å². The van der Waals surface area contributed by atoms with Crippen molar-refractivity contribution in [2.24, 2.45) is 0 Å². The van der Waals surface area contributed by atoms with Crippen LogP contribution in [0.3, 0.4) is 0 Å². The van der Waals surface area contributed by atoms with Crippen LogP contribution in [0.4, 0.5) is 0 Å². The first-order valence-electron chi connectivity index (χ1n) is 3.88. The molecule has 13 heavy (non-hydrogen) atoms. The lowest BCUT2D eigenvalue weighted by Crippen LogP contribution is -1.51. The summed E-state index contributed by atoms with van der Waals surface area (Å²) >= 11 is 5.36. The van der Waals surface area contributed by atoms with Crippen LogP contribution in [0.2, 0.25) is 5.15 Å². The molecule has 0 aliphatic rings. The van der Waals surface area contributed by atoms with Crippen molar-refractivity contribution in [3.63, 3.8) is 0 Å². The van der Waals surface area contributed by atoms with E-state index in [0.29, 0.717) is 5.15 Å². The Balaban J connectivity index is 0.000000132. The molecule has 2 nitrogen and oxygen atoms in total. The number of aryl methyl sites for hydroxylation is 1. The van der Waals surface area contributed by atoms with Gasteiger partial charge in [-0.15, -0.1) is 0 Å². The average molecular weight is 196 g/mol. The summed E-state index contributed by atoms with van der Waals surface area (Å²) in [5.41, 5.74) is 0. The van der Waals surface area contributed by atoms with E-state index < -0.39 is 0 Å². The average Bonchev–Trinajstić information content (AvgIpc) is 2.54. The summed E-state index contributed by atoms with van der Waals surface area (Å²) in [6.45, 7) is 1.79. The van der Waals surface area contributed by atoms with Gasteiger partial charge in [0.05, 0.1) is 0 Å². The predicted octanol–water partition coefficient (Wildman–Crippen LogP) is 3.32. The highest BCUT2D eigenvalue weighted by molar-refractivity contribution is 6.29. The molecule has 0 amide bonds. The Kier molecular flexibility index (Phi) is 4.06. The molecule has 2 rings (SSSR count). The monoisotopic (exact) mass is 195 g/mol. The van der Waals surface area contributed by atoms with Crippen molar-refractivity contribution in [2.75, 3.05) is 0 Å². The van der Waals surface area contributed by atoms with Crippen molar-refractivity contribution in [1.82, 2.24) is 5.16 Å². The van der Waals surface area contributed by atoms with Crippen LogP contribution in [0, 0.1) is 6.92 Å². The maximum Gasteiger partial charge on any atom is 0.172 e. The van der Waals surface area contributed by atoms with Gasteiger partial charge in [-0.1, -0.05) is 53.2 Å². The third-order valence-corrected chi connectivity index (χ3v) is 1.44. The van der Waals surface area contributed by atoms with Gasteiger partial charge in [0.25, 0.3) is 0 Å². The second kappa shape index (κ2) is 5.38. The lowest BCUT2D eigenvalue weighted by molar-refractivity contribution is 0.398. The van der Waals surface area contributed by atoms with E-state index in [9.17, 15) is 0 Å². The minimum Gasteiger partial charge on any atom is -0.360 e. The summed E-state index contributed by atoms with van der Waals surface area (Å²) in [6, 6.07) is 13.7. The molecule has 0 aliphatic carbocycles. The number of hydrogen-bond acceptors (Lipinski definition) is 2. The second-order valence-electron chi connectivity index (χ2n) is 2.41. The fraction of sp³-hybridized carbons (Fsp3) is 0.100. The normalized spacial score (nSPS) is 8.77. The summed E-state index contributed by atoms with van der Waals surface area (Å²) in [7, 11) is 0. The minimum absolute atomic E-state index is 0.414. The molecule has 0 bridgehead atoms. The molecule has 0 aliphatic heterocycles. The molecule has 1 aromatic heterocycles. The molecule has 0 spiro atoms. The molecule has 0 saturated heterocycles. The van der Waals surface area contributed by atoms with Crippen molar-refractivity contribution in [3.05, 3.63) is 53.4 Å². The standard InChI is InChI=1S/C6H6.C4H4ClNO/c1-2-4-6-5-3-1;1-3-2-4(5)6-7-3/h1-6H;2H,1H3. The highest BCUT2D eigenvalue weighted by Crippen LogP contribution is 2.05. The fourth-order valence-electron chi connectivity index (χ4n) is 0.721. The van der Waals surface area contributed by atoms with Gasteiger partial charge in [-0.3, -0.25) is 0 Å². The highest BCUT2D eigenvalue weighted by Gasteiger charge is 1.90. The van der Waals surface area contributed by atoms with Crippen LogP contribution in [-0.2, 0) is 0 Å². The predicted molar refractivity (Wildman–Crippen MR) is 52.7 cm³/mol. The maximum atomic E-state index is 5.36. The largest absolute Gasteiger partial charge is 0.360 e. The molecule has 68 valence electrons. The van der Waals surface area contributed by atoms with Gasteiger partial charge >= 0.3 is 0 Å². The number of hydrogen-bond donors (Lipinski definition) is 0. The Morgan fingerprint density at radius 2 is 1.54 bits per heavy atom. The number of nitrogens with zero attached hydrogens (tertiary/aromatic N) is 1. The first-order chi connectivity index (χ1) is 6.29. The summed E-state index contributed by atoms with van der Waals surface area (Å²) < 4.78 is 4.58. The van der Waals surface area contributed by atoms with E-state index in [2.05, 4.69) is 9.68 Å². The zero-order valence-electron chi connectivity index (χ0n) is 7.27. The molecule has 0 unspecified atom stereocenters. The zero-order chi connectivity index (χ0) is 9.52. The van der Waals surface area contributed by atoms with Crippen molar-refractivity contribution in [3.8, 4) is 0 Å². The quantitative estimate of drug-likeness (QED) is 0.645. The van der Waals surface area contributed by atoms with Gasteiger partial charge < -0.3 is 4.52 Å². The second-order valence-corrected chi connectivity index (χ2v) is 2.80. The summed E-state index contributed by atoms with van der Waals surface area (Å²) in [4.78, 5) is 0. The number of benzene rings is 1. The number of aromatic nitrogens is 1. The molecule has 0 fully saturated rings. The SMILES string of the molecule is Cc1cc(Cl)no1.c1ccccc1. The fourth-order valence-corrected chi connectivity index (χ4v) is 0.909. The molecule has 0 saturated carbocycles. The Morgan fingerprint density at radius 3 is 1.69 bits per heavy atom. The van der Waals surface area contributed by atoms with Gasteiger partial charge in [0.1, 0.15) is 5.76 Å². The van der Waals surface area contributed by atoms with E-state index in [1.165, 1.54) is 0 Å². The van der Waals surface area contributed by atoms with Crippen molar-refractivity contribution in [1.29, 1.82) is 0 Å². The number of halogens is 1. The van der Waals surface area contributed by atoms with Crippen molar-refractivity contribution in [2.45, 2.75) is 6.92 Å². The van der Waals surface area contributed by atoms with Crippen LogP contribution in [0.1, 0.15) is 5.76 Å². The van der Waals surface area contributed by atoms with E-state index in [4.69, 9.17) is 11.6 Å². The van der Waals surface area contributed by atoms with E-state index in [1.54, 1.807) is 13.0 Å². The summed E-state index contributed by atoms with van der Waals surface area (Å²) in [6.07, 6.45) is 0. The highest BCUT2D eigenvalue weighted by atomic mass is 35.5. The molecule has 3 heteroatoms. The van der Waals surface area contributed by atoms with Crippen LogP contribution in [-0.4, -0.2) is 5.16 Å². The van der Waals surface area contributed by atoms with E-state index >= 15 is 0 Å². The van der Waals surface area contributed by atoms with E-state index in [-0.39, 0.29) is 0 Å². The van der Waals surface area contributed by atoms with Gasteiger partial charge in [0.15, 0.2) is 5.15 Å². The Labute approximate surface area is 82.1 Å². The van der Waals surface area contributed by atoms with Crippen LogP contribution >= 0.6 is 11.6 Å². The molecule has 1 aromatic carbocycles. The molecular weight excluding hydrogens is 186 g/mol. The Bertz CT molecular complexity index is 288. The lowest BCUT2D eigenvalue weighted by Gasteiger charge is -1.69. The minimum atomic E-state index is 0.414. The molecule has 0 radical (unpaired) electrons. The maximum absolute atomic E-state index is 5.36. The molecule has 2 aromatic rings. The summed E-state index contributed by atoms with van der Waals surface area (Å²) in [5, 5.41) is 3.82. The van der Waals surface area contributed by atoms with E-state index in [0.717, 1.165) is 5.76 Å². The van der Waals surface area contributed by atoms with Crippen LogP contribution < -0.4 is 0 Å². The zero-order valence-corrected chi connectivity index (χ0v) is 8.03. The Morgan fingerprint density at radius 1 is 1.08 bits per heavy atom. The van der Waals surface area contributed by atoms with Gasteiger partial charge in [0.2, 0.25) is 0 Å². The van der Waals surface area contributed by atoms with Crippen molar-refractivity contribution < 1.29 is 4.52 Å². The van der Waals surface area contributed by atoms with Gasteiger partial charge in [-0.2, -0.15) is 0 Å². The molecule has 0 N–H and O–H groups in total. The third-order valence-electron chi connectivity index (χ3n) is 1.27. The molecular formula is C10H10ClNO.